The van der Waals surface area contributed by atoms with Crippen molar-refractivity contribution in [2.75, 3.05) is 38.8 Å². The zero-order valence-corrected chi connectivity index (χ0v) is 19.7. The number of methoxy groups -OCH3 is 1. The highest BCUT2D eigenvalue weighted by atomic mass is 32.1. The molecule has 0 aliphatic carbocycles. The number of ether oxygens (including phenoxy) is 2. The average Bonchev–Trinajstić information content (AvgIpc) is 3.42. The molecule has 172 valence electrons. The Balaban J connectivity index is 1.54. The van der Waals surface area contributed by atoms with Crippen LogP contribution in [0, 0.1) is 0 Å². The largest absolute Gasteiger partial charge is 0.497 e. The zero-order chi connectivity index (χ0) is 23.3. The Bertz CT molecular complexity index is 1090. The summed E-state index contributed by atoms with van der Waals surface area (Å²) in [6.45, 7) is 1.78. The van der Waals surface area contributed by atoms with Gasteiger partial charge in [-0.2, -0.15) is 0 Å². The molecule has 4 rings (SSSR count). The number of amides is 2. The van der Waals surface area contributed by atoms with Crippen molar-refractivity contribution >= 4 is 28.8 Å². The number of carbonyl (C=O) groups excluding carboxylic acids is 2. The number of benzene rings is 2. The van der Waals surface area contributed by atoms with Gasteiger partial charge in [-0.05, 0) is 54.1 Å². The number of thiophene rings is 1. The molecule has 0 saturated carbocycles. The minimum atomic E-state index is -0.214. The van der Waals surface area contributed by atoms with Crippen LogP contribution in [0.3, 0.4) is 0 Å². The third kappa shape index (κ3) is 4.94. The first-order valence-electron chi connectivity index (χ1n) is 11.0. The molecule has 0 radical (unpaired) electrons. The summed E-state index contributed by atoms with van der Waals surface area (Å²) in [5.74, 6) is 0.470. The SMILES string of the molecule is COc1ccc(C2(CNC(=O)c3ccccc3N(C)C(=O)c3cccs3)CCOCC2)cc1. The van der Waals surface area contributed by atoms with Crippen molar-refractivity contribution < 1.29 is 19.1 Å². The van der Waals surface area contributed by atoms with Gasteiger partial charge < -0.3 is 19.7 Å². The summed E-state index contributed by atoms with van der Waals surface area (Å²) in [4.78, 5) is 28.3. The molecule has 1 aromatic heterocycles. The minimum Gasteiger partial charge on any atom is -0.497 e. The maximum atomic E-state index is 13.3. The van der Waals surface area contributed by atoms with Gasteiger partial charge in [-0.3, -0.25) is 9.59 Å². The van der Waals surface area contributed by atoms with Crippen LogP contribution in [-0.2, 0) is 10.2 Å². The Morgan fingerprint density at radius 1 is 1.06 bits per heavy atom. The van der Waals surface area contributed by atoms with E-state index in [4.69, 9.17) is 9.47 Å². The van der Waals surface area contributed by atoms with Crippen LogP contribution >= 0.6 is 11.3 Å². The summed E-state index contributed by atoms with van der Waals surface area (Å²) >= 11 is 1.38. The molecular weight excluding hydrogens is 436 g/mol. The number of anilines is 1. The van der Waals surface area contributed by atoms with E-state index in [1.807, 2.05) is 35.7 Å². The molecule has 7 heteroatoms. The second-order valence-electron chi connectivity index (χ2n) is 8.16. The third-order valence-electron chi connectivity index (χ3n) is 6.29. The quantitative estimate of drug-likeness (QED) is 0.559. The van der Waals surface area contributed by atoms with Gasteiger partial charge >= 0.3 is 0 Å². The van der Waals surface area contributed by atoms with Crippen LogP contribution < -0.4 is 15.0 Å². The number of hydrogen-bond acceptors (Lipinski definition) is 5. The first kappa shape index (κ1) is 23.0. The molecule has 0 unspecified atom stereocenters. The normalized spacial score (nSPS) is 15.0. The van der Waals surface area contributed by atoms with Gasteiger partial charge in [0.15, 0.2) is 0 Å². The zero-order valence-electron chi connectivity index (χ0n) is 18.9. The number of nitrogens with zero attached hydrogens (tertiary/aromatic N) is 1. The molecule has 1 N–H and O–H groups in total. The molecule has 2 heterocycles. The van der Waals surface area contributed by atoms with E-state index in [-0.39, 0.29) is 17.2 Å². The van der Waals surface area contributed by atoms with Crippen molar-refractivity contribution in [2.45, 2.75) is 18.3 Å². The highest BCUT2D eigenvalue weighted by Gasteiger charge is 2.35. The minimum absolute atomic E-state index is 0.135. The molecule has 1 saturated heterocycles. The summed E-state index contributed by atoms with van der Waals surface area (Å²) in [5.41, 5.74) is 2.00. The van der Waals surface area contributed by atoms with Gasteiger partial charge in [0.2, 0.25) is 0 Å². The van der Waals surface area contributed by atoms with Crippen LogP contribution in [0.5, 0.6) is 5.75 Å². The predicted molar refractivity (Wildman–Crippen MR) is 131 cm³/mol. The Labute approximate surface area is 198 Å². The maximum absolute atomic E-state index is 13.3. The first-order chi connectivity index (χ1) is 16.0. The van der Waals surface area contributed by atoms with Crippen LogP contribution in [0.15, 0.2) is 66.0 Å². The molecule has 0 atom stereocenters. The lowest BCUT2D eigenvalue weighted by Crippen LogP contribution is -2.44. The summed E-state index contributed by atoms with van der Waals surface area (Å²) in [6.07, 6.45) is 1.63. The molecule has 33 heavy (non-hydrogen) atoms. The van der Waals surface area contributed by atoms with Gasteiger partial charge in [-0.15, -0.1) is 11.3 Å². The van der Waals surface area contributed by atoms with E-state index in [0.29, 0.717) is 35.9 Å². The lowest BCUT2D eigenvalue weighted by Gasteiger charge is -2.38. The van der Waals surface area contributed by atoms with Crippen molar-refractivity contribution in [1.82, 2.24) is 5.32 Å². The van der Waals surface area contributed by atoms with Crippen LogP contribution in [0.1, 0.15) is 38.4 Å². The van der Waals surface area contributed by atoms with Gasteiger partial charge in [0.05, 0.1) is 23.2 Å². The van der Waals surface area contributed by atoms with E-state index < -0.39 is 0 Å². The molecule has 1 fully saturated rings. The lowest BCUT2D eigenvalue weighted by molar-refractivity contribution is 0.0487. The van der Waals surface area contributed by atoms with E-state index in [1.54, 1.807) is 32.4 Å². The monoisotopic (exact) mass is 464 g/mol. The number of hydrogen-bond donors (Lipinski definition) is 1. The fraction of sp³-hybridized carbons (Fsp3) is 0.308. The van der Waals surface area contributed by atoms with Crippen molar-refractivity contribution in [2.24, 2.45) is 0 Å². The lowest BCUT2D eigenvalue weighted by atomic mass is 9.74. The highest BCUT2D eigenvalue weighted by Crippen LogP contribution is 2.35. The molecule has 1 aliphatic rings. The molecular formula is C26H28N2O4S. The molecule has 0 bridgehead atoms. The summed E-state index contributed by atoms with van der Waals surface area (Å²) < 4.78 is 10.9. The number of nitrogens with one attached hydrogen (secondary N) is 1. The maximum Gasteiger partial charge on any atom is 0.268 e. The topological polar surface area (TPSA) is 67.9 Å². The van der Waals surface area contributed by atoms with Crippen molar-refractivity contribution in [3.8, 4) is 5.75 Å². The molecule has 1 aliphatic heterocycles. The standard InChI is InChI=1S/C26H28N2O4S/c1-28(25(30)23-8-5-17-33-23)22-7-4-3-6-21(22)24(29)27-18-26(13-15-32-16-14-26)19-9-11-20(31-2)12-10-19/h3-12,17H,13-16,18H2,1-2H3,(H,27,29). The number of carbonyl (C=O) groups is 2. The third-order valence-corrected chi connectivity index (χ3v) is 7.14. The second-order valence-corrected chi connectivity index (χ2v) is 9.11. The van der Waals surface area contributed by atoms with Gasteiger partial charge in [0.25, 0.3) is 11.8 Å². The number of rotatable bonds is 7. The fourth-order valence-corrected chi connectivity index (χ4v) is 4.95. The Morgan fingerprint density at radius 2 is 1.79 bits per heavy atom. The fourth-order valence-electron chi connectivity index (χ4n) is 4.25. The van der Waals surface area contributed by atoms with E-state index >= 15 is 0 Å². The molecule has 2 amide bonds. The summed E-state index contributed by atoms with van der Waals surface area (Å²) in [5, 5.41) is 5.01. The van der Waals surface area contributed by atoms with Crippen molar-refractivity contribution in [3.63, 3.8) is 0 Å². The van der Waals surface area contributed by atoms with E-state index in [2.05, 4.69) is 17.4 Å². The van der Waals surface area contributed by atoms with Crippen molar-refractivity contribution in [1.29, 1.82) is 0 Å². The number of para-hydroxylation sites is 1. The van der Waals surface area contributed by atoms with Crippen LogP contribution in [-0.4, -0.2) is 45.7 Å². The van der Waals surface area contributed by atoms with Crippen LogP contribution in [0.4, 0.5) is 5.69 Å². The van der Waals surface area contributed by atoms with Gasteiger partial charge in [0.1, 0.15) is 5.75 Å². The van der Waals surface area contributed by atoms with E-state index in [9.17, 15) is 9.59 Å². The van der Waals surface area contributed by atoms with Crippen LogP contribution in [0.2, 0.25) is 0 Å². The molecule has 0 spiro atoms. The molecule has 2 aromatic carbocycles. The van der Waals surface area contributed by atoms with E-state index in [1.165, 1.54) is 16.2 Å². The Hall–Kier alpha value is -3.16. The molecule has 6 nitrogen and oxygen atoms in total. The highest BCUT2D eigenvalue weighted by molar-refractivity contribution is 7.12. The second kappa shape index (κ2) is 10.2. The Kier molecular flexibility index (Phi) is 7.11. The summed E-state index contributed by atoms with van der Waals surface area (Å²) in [7, 11) is 3.35. The molecule has 3 aromatic rings. The van der Waals surface area contributed by atoms with Crippen LogP contribution in [0.25, 0.3) is 0 Å². The van der Waals surface area contributed by atoms with E-state index in [0.717, 1.165) is 24.2 Å². The van der Waals surface area contributed by atoms with Gasteiger partial charge in [0, 0.05) is 32.2 Å². The average molecular weight is 465 g/mol. The summed E-state index contributed by atoms with van der Waals surface area (Å²) in [6, 6.07) is 18.9. The Morgan fingerprint density at radius 3 is 2.45 bits per heavy atom. The smallest absolute Gasteiger partial charge is 0.268 e. The van der Waals surface area contributed by atoms with Gasteiger partial charge in [-0.1, -0.05) is 30.3 Å². The first-order valence-corrected chi connectivity index (χ1v) is 11.8. The van der Waals surface area contributed by atoms with Gasteiger partial charge in [-0.25, -0.2) is 0 Å². The van der Waals surface area contributed by atoms with Crippen molar-refractivity contribution in [3.05, 3.63) is 82.0 Å². The predicted octanol–water partition coefficient (Wildman–Crippen LogP) is 4.51.